The SMILES string of the molecule is Cc1nc(Sc2cc(C(=O)O)ccn2)cc2n[nH]c(=O)n12. The van der Waals surface area contributed by atoms with Crippen LogP contribution in [-0.4, -0.2) is 35.6 Å². The molecule has 2 N–H and O–H groups in total. The Labute approximate surface area is 121 Å². The molecule has 3 aromatic heterocycles. The predicted octanol–water partition coefficient (Wildman–Crippen LogP) is 0.970. The number of carboxylic acid groups (broad SMARTS) is 1. The Hall–Kier alpha value is -2.68. The summed E-state index contributed by atoms with van der Waals surface area (Å²) >= 11 is 1.20. The van der Waals surface area contributed by atoms with Crippen LogP contribution in [0.4, 0.5) is 0 Å². The average Bonchev–Trinajstić information content (AvgIpc) is 2.81. The first-order chi connectivity index (χ1) is 10.0. The van der Waals surface area contributed by atoms with Crippen LogP contribution in [0.3, 0.4) is 0 Å². The molecule has 0 spiro atoms. The second-order valence-corrected chi connectivity index (χ2v) is 5.19. The normalized spacial score (nSPS) is 10.9. The number of aromatic amines is 1. The molecule has 3 rings (SSSR count). The lowest BCUT2D eigenvalue weighted by molar-refractivity contribution is 0.0696. The Morgan fingerprint density at radius 2 is 2.19 bits per heavy atom. The van der Waals surface area contributed by atoms with E-state index in [0.29, 0.717) is 21.5 Å². The van der Waals surface area contributed by atoms with E-state index in [4.69, 9.17) is 5.11 Å². The molecule has 0 aromatic carbocycles. The fourth-order valence-electron chi connectivity index (χ4n) is 1.83. The van der Waals surface area contributed by atoms with Gasteiger partial charge in [0.05, 0.1) is 5.56 Å². The van der Waals surface area contributed by atoms with Crippen molar-refractivity contribution in [3.05, 3.63) is 46.3 Å². The number of carbonyl (C=O) groups is 1. The molecule has 21 heavy (non-hydrogen) atoms. The van der Waals surface area contributed by atoms with E-state index in [1.54, 1.807) is 13.0 Å². The average molecular weight is 303 g/mol. The molecule has 8 nitrogen and oxygen atoms in total. The summed E-state index contributed by atoms with van der Waals surface area (Å²) in [6.07, 6.45) is 1.43. The van der Waals surface area contributed by atoms with E-state index in [0.717, 1.165) is 0 Å². The minimum absolute atomic E-state index is 0.154. The van der Waals surface area contributed by atoms with Crippen LogP contribution in [0, 0.1) is 6.92 Å². The molecule has 9 heteroatoms. The van der Waals surface area contributed by atoms with Crippen molar-refractivity contribution >= 4 is 23.4 Å². The zero-order valence-electron chi connectivity index (χ0n) is 10.8. The van der Waals surface area contributed by atoms with Crippen LogP contribution in [0.25, 0.3) is 5.65 Å². The summed E-state index contributed by atoms with van der Waals surface area (Å²) in [6, 6.07) is 4.51. The summed E-state index contributed by atoms with van der Waals surface area (Å²) in [6.45, 7) is 1.69. The van der Waals surface area contributed by atoms with Crippen LogP contribution in [-0.2, 0) is 0 Å². The van der Waals surface area contributed by atoms with Gasteiger partial charge in [0, 0.05) is 12.3 Å². The van der Waals surface area contributed by atoms with Gasteiger partial charge in [0.1, 0.15) is 15.9 Å². The number of fused-ring (bicyclic) bond motifs is 1. The Kier molecular flexibility index (Phi) is 3.18. The number of rotatable bonds is 3. The van der Waals surface area contributed by atoms with Crippen molar-refractivity contribution in [3.63, 3.8) is 0 Å². The largest absolute Gasteiger partial charge is 0.478 e. The molecular formula is C12H9N5O3S. The van der Waals surface area contributed by atoms with E-state index in [9.17, 15) is 9.59 Å². The molecular weight excluding hydrogens is 294 g/mol. The lowest BCUT2D eigenvalue weighted by Crippen LogP contribution is -2.13. The van der Waals surface area contributed by atoms with Crippen LogP contribution in [0.2, 0.25) is 0 Å². The van der Waals surface area contributed by atoms with Crippen LogP contribution in [0.1, 0.15) is 16.2 Å². The van der Waals surface area contributed by atoms with E-state index in [1.165, 1.54) is 34.5 Å². The van der Waals surface area contributed by atoms with E-state index in [-0.39, 0.29) is 11.3 Å². The van der Waals surface area contributed by atoms with Gasteiger partial charge in [-0.05, 0) is 30.8 Å². The molecule has 0 fully saturated rings. The van der Waals surface area contributed by atoms with Gasteiger partial charge in [0.25, 0.3) is 0 Å². The highest BCUT2D eigenvalue weighted by Gasteiger charge is 2.10. The van der Waals surface area contributed by atoms with Crippen molar-refractivity contribution in [2.75, 3.05) is 0 Å². The quantitative estimate of drug-likeness (QED) is 0.693. The summed E-state index contributed by atoms with van der Waals surface area (Å²) in [5.41, 5.74) is 0.253. The van der Waals surface area contributed by atoms with Gasteiger partial charge in [-0.25, -0.2) is 29.1 Å². The Balaban J connectivity index is 2.00. The lowest BCUT2D eigenvalue weighted by atomic mass is 10.3. The molecule has 0 atom stereocenters. The zero-order chi connectivity index (χ0) is 15.0. The number of aryl methyl sites for hydroxylation is 1. The third-order valence-electron chi connectivity index (χ3n) is 2.74. The van der Waals surface area contributed by atoms with Crippen molar-refractivity contribution in [1.29, 1.82) is 0 Å². The molecule has 0 aliphatic rings. The van der Waals surface area contributed by atoms with Crippen molar-refractivity contribution in [3.8, 4) is 0 Å². The molecule has 0 unspecified atom stereocenters. The van der Waals surface area contributed by atoms with Crippen LogP contribution >= 0.6 is 11.8 Å². The number of aromatic nitrogens is 5. The minimum atomic E-state index is -1.02. The maximum atomic E-state index is 11.5. The first kappa shape index (κ1) is 13.3. The van der Waals surface area contributed by atoms with Gasteiger partial charge in [-0.1, -0.05) is 0 Å². The molecule has 106 valence electrons. The topological polar surface area (TPSA) is 113 Å². The van der Waals surface area contributed by atoms with Crippen molar-refractivity contribution in [2.45, 2.75) is 17.0 Å². The van der Waals surface area contributed by atoms with Gasteiger partial charge in [0.15, 0.2) is 5.65 Å². The maximum Gasteiger partial charge on any atom is 0.349 e. The summed E-state index contributed by atoms with van der Waals surface area (Å²) in [7, 11) is 0. The highest BCUT2D eigenvalue weighted by Crippen LogP contribution is 2.25. The first-order valence-electron chi connectivity index (χ1n) is 5.86. The Bertz CT molecular complexity index is 901. The van der Waals surface area contributed by atoms with E-state index in [1.807, 2.05) is 0 Å². The number of nitrogens with one attached hydrogen (secondary N) is 1. The summed E-state index contributed by atoms with van der Waals surface area (Å²) in [5, 5.41) is 16.3. The van der Waals surface area contributed by atoms with Gasteiger partial charge >= 0.3 is 11.7 Å². The Morgan fingerprint density at radius 3 is 2.95 bits per heavy atom. The van der Waals surface area contributed by atoms with Crippen molar-refractivity contribution in [1.82, 2.24) is 24.6 Å². The first-order valence-corrected chi connectivity index (χ1v) is 6.68. The molecule has 0 aliphatic heterocycles. The summed E-state index contributed by atoms with van der Waals surface area (Å²) < 4.78 is 1.35. The standard InChI is InChI=1S/C12H9N5O3S/c1-6-14-10(5-8-15-16-12(20)17(6)8)21-9-4-7(11(18)19)2-3-13-9/h2-5H,1H3,(H,16,20)(H,18,19). The van der Waals surface area contributed by atoms with Gasteiger partial charge in [0.2, 0.25) is 0 Å². The fourth-order valence-corrected chi connectivity index (χ4v) is 2.68. The third-order valence-corrected chi connectivity index (χ3v) is 3.59. The van der Waals surface area contributed by atoms with Gasteiger partial charge < -0.3 is 5.11 Å². The molecule has 0 saturated heterocycles. The van der Waals surface area contributed by atoms with E-state index in [2.05, 4.69) is 20.2 Å². The number of aromatic carboxylic acids is 1. The molecule has 0 bridgehead atoms. The number of H-pyrrole nitrogens is 1. The molecule has 0 radical (unpaired) electrons. The van der Waals surface area contributed by atoms with Crippen molar-refractivity contribution in [2.24, 2.45) is 0 Å². The highest BCUT2D eigenvalue weighted by molar-refractivity contribution is 7.99. The lowest BCUT2D eigenvalue weighted by Gasteiger charge is -2.03. The number of hydrogen-bond acceptors (Lipinski definition) is 6. The minimum Gasteiger partial charge on any atom is -0.478 e. The smallest absolute Gasteiger partial charge is 0.349 e. The zero-order valence-corrected chi connectivity index (χ0v) is 11.6. The van der Waals surface area contributed by atoms with Crippen LogP contribution in [0.15, 0.2) is 39.2 Å². The van der Waals surface area contributed by atoms with E-state index < -0.39 is 5.97 Å². The second kappa shape index (κ2) is 5.02. The molecule has 0 amide bonds. The van der Waals surface area contributed by atoms with Gasteiger partial charge in [-0.3, -0.25) is 0 Å². The predicted molar refractivity (Wildman–Crippen MR) is 73.7 cm³/mol. The van der Waals surface area contributed by atoms with Gasteiger partial charge in [-0.15, -0.1) is 0 Å². The van der Waals surface area contributed by atoms with Crippen LogP contribution in [0.5, 0.6) is 0 Å². The molecule has 3 aromatic rings. The monoisotopic (exact) mass is 303 g/mol. The number of carboxylic acids is 1. The van der Waals surface area contributed by atoms with Crippen LogP contribution < -0.4 is 5.69 Å². The number of hydrogen-bond donors (Lipinski definition) is 2. The van der Waals surface area contributed by atoms with Crippen molar-refractivity contribution < 1.29 is 9.90 Å². The number of nitrogens with zero attached hydrogens (tertiary/aromatic N) is 4. The van der Waals surface area contributed by atoms with Gasteiger partial charge in [-0.2, -0.15) is 5.10 Å². The highest BCUT2D eigenvalue weighted by atomic mass is 32.2. The fraction of sp³-hybridized carbons (Fsp3) is 0.0833. The second-order valence-electron chi connectivity index (χ2n) is 4.15. The third kappa shape index (κ3) is 2.50. The Morgan fingerprint density at radius 1 is 1.38 bits per heavy atom. The number of pyridine rings is 1. The molecule has 3 heterocycles. The summed E-state index contributed by atoms with van der Waals surface area (Å²) in [4.78, 5) is 30.8. The summed E-state index contributed by atoms with van der Waals surface area (Å²) in [5.74, 6) is -0.527. The maximum absolute atomic E-state index is 11.5. The molecule has 0 saturated carbocycles. The van der Waals surface area contributed by atoms with E-state index >= 15 is 0 Å². The molecule has 0 aliphatic carbocycles.